The zero-order chi connectivity index (χ0) is 12.0. The SMILES string of the molecule is CCOC(=O)c1nnn(CCCF)c1CN. The molecule has 2 N–H and O–H groups in total. The normalized spacial score (nSPS) is 10.4. The molecule has 1 heterocycles. The smallest absolute Gasteiger partial charge is 0.360 e. The lowest BCUT2D eigenvalue weighted by Gasteiger charge is -2.04. The zero-order valence-electron chi connectivity index (χ0n) is 9.15. The molecule has 0 aliphatic carbocycles. The summed E-state index contributed by atoms with van der Waals surface area (Å²) >= 11 is 0. The van der Waals surface area contributed by atoms with Gasteiger partial charge in [0, 0.05) is 13.1 Å². The minimum absolute atomic E-state index is 0.114. The molecule has 0 radical (unpaired) electrons. The number of nitrogens with zero attached hydrogens (tertiary/aromatic N) is 3. The Morgan fingerprint density at radius 1 is 1.62 bits per heavy atom. The van der Waals surface area contributed by atoms with Crippen molar-refractivity contribution < 1.29 is 13.9 Å². The highest BCUT2D eigenvalue weighted by Crippen LogP contribution is 2.07. The Hall–Kier alpha value is -1.50. The van der Waals surface area contributed by atoms with Crippen molar-refractivity contribution in [1.29, 1.82) is 0 Å². The van der Waals surface area contributed by atoms with Gasteiger partial charge in [-0.25, -0.2) is 9.48 Å². The van der Waals surface area contributed by atoms with Crippen LogP contribution in [0.15, 0.2) is 0 Å². The molecular formula is C9H15FN4O2. The van der Waals surface area contributed by atoms with Gasteiger partial charge < -0.3 is 10.5 Å². The number of nitrogens with two attached hydrogens (primary N) is 1. The largest absolute Gasteiger partial charge is 0.461 e. The van der Waals surface area contributed by atoms with Gasteiger partial charge in [-0.3, -0.25) is 4.39 Å². The van der Waals surface area contributed by atoms with Crippen LogP contribution in [0.3, 0.4) is 0 Å². The van der Waals surface area contributed by atoms with Crippen LogP contribution in [0.1, 0.15) is 29.5 Å². The van der Waals surface area contributed by atoms with Gasteiger partial charge in [0.05, 0.1) is 19.0 Å². The molecule has 0 aromatic carbocycles. The van der Waals surface area contributed by atoms with Crippen LogP contribution >= 0.6 is 0 Å². The molecule has 0 aliphatic heterocycles. The minimum Gasteiger partial charge on any atom is -0.461 e. The number of esters is 1. The van der Waals surface area contributed by atoms with Gasteiger partial charge in [-0.15, -0.1) is 5.10 Å². The number of halogens is 1. The number of aryl methyl sites for hydroxylation is 1. The second kappa shape index (κ2) is 6.16. The number of aromatic nitrogens is 3. The topological polar surface area (TPSA) is 83.0 Å². The van der Waals surface area contributed by atoms with Gasteiger partial charge in [0.15, 0.2) is 5.69 Å². The fourth-order valence-corrected chi connectivity index (χ4v) is 1.28. The summed E-state index contributed by atoms with van der Waals surface area (Å²) in [6.45, 7) is 2.00. The highest BCUT2D eigenvalue weighted by Gasteiger charge is 2.19. The molecule has 6 nitrogen and oxygen atoms in total. The highest BCUT2D eigenvalue weighted by atomic mass is 19.1. The van der Waals surface area contributed by atoms with E-state index in [4.69, 9.17) is 10.5 Å². The molecule has 0 saturated heterocycles. The van der Waals surface area contributed by atoms with Crippen LogP contribution in [-0.2, 0) is 17.8 Å². The van der Waals surface area contributed by atoms with Crippen LogP contribution in [0.2, 0.25) is 0 Å². The number of rotatable bonds is 6. The molecule has 0 fully saturated rings. The monoisotopic (exact) mass is 230 g/mol. The first kappa shape index (κ1) is 12.6. The molecule has 0 unspecified atom stereocenters. The summed E-state index contributed by atoms with van der Waals surface area (Å²) < 4.78 is 18.3. The van der Waals surface area contributed by atoms with Crippen LogP contribution in [0, 0.1) is 0 Å². The molecule has 0 aliphatic rings. The summed E-state index contributed by atoms with van der Waals surface area (Å²) in [4.78, 5) is 11.4. The third kappa shape index (κ3) is 2.75. The van der Waals surface area contributed by atoms with Crippen molar-refractivity contribution >= 4 is 5.97 Å². The van der Waals surface area contributed by atoms with Crippen molar-refractivity contribution in [2.45, 2.75) is 26.4 Å². The molecule has 0 saturated carbocycles. The van der Waals surface area contributed by atoms with E-state index in [0.29, 0.717) is 18.7 Å². The quantitative estimate of drug-likeness (QED) is 0.709. The summed E-state index contributed by atoms with van der Waals surface area (Å²) in [6, 6.07) is 0. The van der Waals surface area contributed by atoms with Crippen molar-refractivity contribution in [3.05, 3.63) is 11.4 Å². The van der Waals surface area contributed by atoms with Crippen LogP contribution in [0.5, 0.6) is 0 Å². The first-order chi connectivity index (χ1) is 7.74. The maximum atomic E-state index is 12.0. The number of hydrogen-bond donors (Lipinski definition) is 1. The summed E-state index contributed by atoms with van der Waals surface area (Å²) in [5.74, 6) is -0.547. The molecule has 0 spiro atoms. The summed E-state index contributed by atoms with van der Waals surface area (Å²) in [5, 5.41) is 7.44. The Labute approximate surface area is 92.6 Å². The van der Waals surface area contributed by atoms with E-state index in [1.165, 1.54) is 4.68 Å². The zero-order valence-corrected chi connectivity index (χ0v) is 9.15. The fraction of sp³-hybridized carbons (Fsp3) is 0.667. The molecule has 0 amide bonds. The van der Waals surface area contributed by atoms with E-state index in [9.17, 15) is 9.18 Å². The molecule has 1 aromatic rings. The first-order valence-electron chi connectivity index (χ1n) is 5.10. The Kier molecular flexibility index (Phi) is 4.84. The molecule has 0 atom stereocenters. The second-order valence-corrected chi connectivity index (χ2v) is 3.08. The van der Waals surface area contributed by atoms with Gasteiger partial charge in [-0.1, -0.05) is 5.21 Å². The van der Waals surface area contributed by atoms with Crippen LogP contribution < -0.4 is 5.73 Å². The standard InChI is InChI=1S/C9H15FN4O2/c1-2-16-9(15)8-7(6-11)14(13-12-8)5-3-4-10/h2-6,11H2,1H3. The Balaban J connectivity index is 2.85. The Morgan fingerprint density at radius 3 is 2.94 bits per heavy atom. The summed E-state index contributed by atoms with van der Waals surface area (Å²) in [5.41, 5.74) is 6.09. The van der Waals surface area contributed by atoms with Crippen LogP contribution in [0.4, 0.5) is 4.39 Å². The molecule has 16 heavy (non-hydrogen) atoms. The van der Waals surface area contributed by atoms with E-state index < -0.39 is 12.6 Å². The van der Waals surface area contributed by atoms with Crippen molar-refractivity contribution in [3.8, 4) is 0 Å². The van der Waals surface area contributed by atoms with Crippen LogP contribution in [-0.4, -0.2) is 34.2 Å². The lowest BCUT2D eigenvalue weighted by molar-refractivity contribution is 0.0518. The van der Waals surface area contributed by atoms with Gasteiger partial charge in [0.25, 0.3) is 0 Å². The molecular weight excluding hydrogens is 215 g/mol. The van der Waals surface area contributed by atoms with Gasteiger partial charge in [-0.2, -0.15) is 0 Å². The summed E-state index contributed by atoms with van der Waals surface area (Å²) in [6.07, 6.45) is 0.318. The van der Waals surface area contributed by atoms with Crippen LogP contribution in [0.25, 0.3) is 0 Å². The van der Waals surface area contributed by atoms with E-state index in [2.05, 4.69) is 10.3 Å². The number of carbonyl (C=O) groups is 1. The van der Waals surface area contributed by atoms with E-state index in [1.807, 2.05) is 0 Å². The van der Waals surface area contributed by atoms with Crippen molar-refractivity contribution in [3.63, 3.8) is 0 Å². The predicted molar refractivity (Wildman–Crippen MR) is 54.5 cm³/mol. The van der Waals surface area contributed by atoms with E-state index in [0.717, 1.165) is 0 Å². The number of ether oxygens (including phenoxy) is 1. The lowest BCUT2D eigenvalue weighted by Crippen LogP contribution is -2.14. The van der Waals surface area contributed by atoms with Crippen molar-refractivity contribution in [2.24, 2.45) is 5.73 Å². The first-order valence-corrected chi connectivity index (χ1v) is 5.10. The fourth-order valence-electron chi connectivity index (χ4n) is 1.28. The van der Waals surface area contributed by atoms with Crippen molar-refractivity contribution in [1.82, 2.24) is 15.0 Å². The average molecular weight is 230 g/mol. The lowest BCUT2D eigenvalue weighted by atomic mass is 10.3. The molecule has 7 heteroatoms. The van der Waals surface area contributed by atoms with Crippen molar-refractivity contribution in [2.75, 3.05) is 13.3 Å². The van der Waals surface area contributed by atoms with Gasteiger partial charge in [-0.05, 0) is 13.3 Å². The maximum absolute atomic E-state index is 12.0. The summed E-state index contributed by atoms with van der Waals surface area (Å²) in [7, 11) is 0. The van der Waals surface area contributed by atoms with Gasteiger partial charge in [0.1, 0.15) is 0 Å². The Morgan fingerprint density at radius 2 is 2.38 bits per heavy atom. The minimum atomic E-state index is -0.547. The van der Waals surface area contributed by atoms with Gasteiger partial charge in [0.2, 0.25) is 0 Å². The second-order valence-electron chi connectivity index (χ2n) is 3.08. The predicted octanol–water partition coefficient (Wildman–Crippen LogP) is 0.273. The van der Waals surface area contributed by atoms with E-state index in [1.54, 1.807) is 6.92 Å². The average Bonchev–Trinajstić information content (AvgIpc) is 2.69. The van der Waals surface area contributed by atoms with Gasteiger partial charge >= 0.3 is 5.97 Å². The number of alkyl halides is 1. The van der Waals surface area contributed by atoms with E-state index in [-0.39, 0.29) is 18.8 Å². The number of hydrogen-bond acceptors (Lipinski definition) is 5. The number of carbonyl (C=O) groups excluding carboxylic acids is 1. The van der Waals surface area contributed by atoms with E-state index >= 15 is 0 Å². The highest BCUT2D eigenvalue weighted by molar-refractivity contribution is 5.88. The molecule has 1 rings (SSSR count). The molecule has 1 aromatic heterocycles. The maximum Gasteiger partial charge on any atom is 0.360 e. The molecule has 0 bridgehead atoms. The third-order valence-electron chi connectivity index (χ3n) is 2.00. The third-order valence-corrected chi connectivity index (χ3v) is 2.00. The molecule has 90 valence electrons. The Bertz CT molecular complexity index is 353.